The van der Waals surface area contributed by atoms with E-state index in [9.17, 15) is 0 Å². The first-order valence-electron chi connectivity index (χ1n) is 7.84. The zero-order valence-corrected chi connectivity index (χ0v) is 13.5. The second-order valence-electron chi connectivity index (χ2n) is 6.08. The van der Waals surface area contributed by atoms with Crippen LogP contribution < -0.4 is 5.32 Å². The highest BCUT2D eigenvalue weighted by Gasteiger charge is 2.37. The maximum absolute atomic E-state index is 6.06. The molecule has 1 atom stereocenters. The Morgan fingerprint density at radius 3 is 2.17 bits per heavy atom. The molecule has 0 bridgehead atoms. The molecular weight excluding hydrogens is 306 g/mol. The molecule has 116 valence electrons. The summed E-state index contributed by atoms with van der Waals surface area (Å²) in [5.41, 5.74) is 4.99. The van der Waals surface area contributed by atoms with Crippen molar-refractivity contribution in [1.29, 1.82) is 0 Å². The zero-order valence-electron chi connectivity index (χ0n) is 12.7. The Morgan fingerprint density at radius 2 is 1.61 bits per heavy atom. The maximum atomic E-state index is 6.06. The van der Waals surface area contributed by atoms with Gasteiger partial charge < -0.3 is 5.32 Å². The lowest BCUT2D eigenvalue weighted by atomic mass is 9.73. The van der Waals surface area contributed by atoms with Crippen molar-refractivity contribution in [2.45, 2.75) is 11.8 Å². The van der Waals surface area contributed by atoms with Crippen molar-refractivity contribution in [3.8, 4) is 11.1 Å². The van der Waals surface area contributed by atoms with Crippen LogP contribution in [0.2, 0.25) is 5.02 Å². The summed E-state index contributed by atoms with van der Waals surface area (Å²) in [6.07, 6.45) is 4.86. The van der Waals surface area contributed by atoms with Crippen molar-refractivity contribution >= 4 is 11.6 Å². The summed E-state index contributed by atoms with van der Waals surface area (Å²) in [6.45, 7) is 1.99. The van der Waals surface area contributed by atoms with E-state index in [2.05, 4.69) is 51.9 Å². The molecule has 0 amide bonds. The Balaban J connectivity index is 1.74. The van der Waals surface area contributed by atoms with Gasteiger partial charge in [0.1, 0.15) is 0 Å². The smallest absolute Gasteiger partial charge is 0.0565 e. The maximum Gasteiger partial charge on any atom is 0.0565 e. The van der Waals surface area contributed by atoms with Crippen LogP contribution in [-0.2, 0) is 5.41 Å². The first kappa shape index (κ1) is 14.5. The van der Waals surface area contributed by atoms with Crippen LogP contribution in [-0.4, -0.2) is 23.3 Å². The molecule has 3 aromatic rings. The van der Waals surface area contributed by atoms with E-state index in [0.717, 1.165) is 30.1 Å². The minimum Gasteiger partial charge on any atom is -0.315 e. The zero-order chi connectivity index (χ0) is 15.7. The van der Waals surface area contributed by atoms with E-state index < -0.39 is 0 Å². The van der Waals surface area contributed by atoms with Gasteiger partial charge in [-0.15, -0.1) is 0 Å². The monoisotopic (exact) mass is 323 g/mol. The molecule has 1 aromatic heterocycles. The summed E-state index contributed by atoms with van der Waals surface area (Å²) in [7, 11) is 0. The standard InChI is InChI=1S/C19H18ClN3/c20-18-7-5-17(6-8-18)19(9-10-21-13-19)16-3-1-14(2-4-16)15-11-22-23-12-15/h1-8,11-12,21H,9-10,13H2,(H,22,23). The minimum absolute atomic E-state index is 0.0273. The fourth-order valence-electron chi connectivity index (χ4n) is 3.51. The van der Waals surface area contributed by atoms with Crippen LogP contribution in [0.1, 0.15) is 17.5 Å². The lowest BCUT2D eigenvalue weighted by Gasteiger charge is -2.30. The molecule has 1 aliphatic heterocycles. The van der Waals surface area contributed by atoms with Crippen LogP contribution in [0.15, 0.2) is 60.9 Å². The molecule has 2 heterocycles. The summed E-state index contributed by atoms with van der Waals surface area (Å²) >= 11 is 6.06. The second-order valence-corrected chi connectivity index (χ2v) is 6.52. The summed E-state index contributed by atoms with van der Waals surface area (Å²) in [5.74, 6) is 0. The van der Waals surface area contributed by atoms with Gasteiger partial charge in [0.05, 0.1) is 6.20 Å². The predicted octanol–water partition coefficient (Wildman–Crippen LogP) is 4.01. The second kappa shape index (κ2) is 5.84. The van der Waals surface area contributed by atoms with Crippen molar-refractivity contribution < 1.29 is 0 Å². The van der Waals surface area contributed by atoms with Crippen LogP contribution in [0, 0.1) is 0 Å². The first-order chi connectivity index (χ1) is 11.3. The van der Waals surface area contributed by atoms with E-state index >= 15 is 0 Å². The third kappa shape index (κ3) is 2.56. The predicted molar refractivity (Wildman–Crippen MR) is 93.7 cm³/mol. The molecule has 3 nitrogen and oxygen atoms in total. The van der Waals surface area contributed by atoms with Gasteiger partial charge in [0.25, 0.3) is 0 Å². The minimum atomic E-state index is 0.0273. The van der Waals surface area contributed by atoms with Gasteiger partial charge in [-0.1, -0.05) is 48.0 Å². The third-order valence-electron chi connectivity index (χ3n) is 4.82. The molecule has 23 heavy (non-hydrogen) atoms. The van der Waals surface area contributed by atoms with Gasteiger partial charge in [-0.05, 0) is 41.8 Å². The van der Waals surface area contributed by atoms with Gasteiger partial charge in [0.15, 0.2) is 0 Å². The highest BCUT2D eigenvalue weighted by Crippen LogP contribution is 2.38. The molecule has 1 saturated heterocycles. The topological polar surface area (TPSA) is 40.7 Å². The first-order valence-corrected chi connectivity index (χ1v) is 8.22. The van der Waals surface area contributed by atoms with Crippen LogP contribution in [0.4, 0.5) is 0 Å². The molecule has 4 rings (SSSR count). The molecule has 2 aromatic carbocycles. The summed E-state index contributed by atoms with van der Waals surface area (Å²) in [4.78, 5) is 0. The number of nitrogens with zero attached hydrogens (tertiary/aromatic N) is 1. The average Bonchev–Trinajstić information content (AvgIpc) is 3.28. The largest absolute Gasteiger partial charge is 0.315 e. The van der Waals surface area contributed by atoms with Crippen molar-refractivity contribution in [3.63, 3.8) is 0 Å². The van der Waals surface area contributed by atoms with Gasteiger partial charge in [-0.25, -0.2) is 0 Å². The van der Waals surface area contributed by atoms with E-state index in [1.807, 2.05) is 24.5 Å². The van der Waals surface area contributed by atoms with Gasteiger partial charge in [-0.2, -0.15) is 5.10 Å². The van der Waals surface area contributed by atoms with Crippen molar-refractivity contribution in [2.75, 3.05) is 13.1 Å². The van der Waals surface area contributed by atoms with Crippen LogP contribution in [0.5, 0.6) is 0 Å². The Bertz CT molecular complexity index is 770. The summed E-state index contributed by atoms with van der Waals surface area (Å²) < 4.78 is 0. The molecule has 0 spiro atoms. The van der Waals surface area contributed by atoms with E-state index in [4.69, 9.17) is 11.6 Å². The number of H-pyrrole nitrogens is 1. The number of aromatic nitrogens is 2. The fraction of sp³-hybridized carbons (Fsp3) is 0.211. The molecule has 1 fully saturated rings. The highest BCUT2D eigenvalue weighted by molar-refractivity contribution is 6.30. The number of hydrogen-bond donors (Lipinski definition) is 2. The molecule has 0 aliphatic carbocycles. The van der Waals surface area contributed by atoms with E-state index in [-0.39, 0.29) is 5.41 Å². The lowest BCUT2D eigenvalue weighted by molar-refractivity contribution is 0.570. The summed E-state index contributed by atoms with van der Waals surface area (Å²) in [5, 5.41) is 11.2. The molecule has 0 radical (unpaired) electrons. The number of benzene rings is 2. The van der Waals surface area contributed by atoms with Gasteiger partial charge in [0.2, 0.25) is 0 Å². The van der Waals surface area contributed by atoms with Crippen molar-refractivity contribution in [1.82, 2.24) is 15.5 Å². The average molecular weight is 324 g/mol. The van der Waals surface area contributed by atoms with Gasteiger partial charge in [-0.3, -0.25) is 5.10 Å². The Labute approximate surface area is 140 Å². The SMILES string of the molecule is Clc1ccc(C2(c3ccc(-c4cn[nH]c4)cc3)CCNC2)cc1. The molecular formula is C19H18ClN3. The Hall–Kier alpha value is -2.10. The molecule has 4 heteroatoms. The van der Waals surface area contributed by atoms with Crippen molar-refractivity contribution in [2.24, 2.45) is 0 Å². The molecule has 0 saturated carbocycles. The quantitative estimate of drug-likeness (QED) is 0.764. The van der Waals surface area contributed by atoms with E-state index in [0.29, 0.717) is 0 Å². The molecule has 1 unspecified atom stereocenters. The van der Waals surface area contributed by atoms with E-state index in [1.54, 1.807) is 0 Å². The van der Waals surface area contributed by atoms with Gasteiger partial charge in [0, 0.05) is 28.7 Å². The lowest BCUT2D eigenvalue weighted by Crippen LogP contribution is -2.30. The summed E-state index contributed by atoms with van der Waals surface area (Å²) in [6, 6.07) is 17.1. The van der Waals surface area contributed by atoms with E-state index in [1.165, 1.54) is 16.7 Å². The molecule has 2 N–H and O–H groups in total. The molecule has 1 aliphatic rings. The number of nitrogens with one attached hydrogen (secondary N) is 2. The Kier molecular flexibility index (Phi) is 3.68. The third-order valence-corrected chi connectivity index (χ3v) is 5.07. The normalized spacial score (nSPS) is 20.7. The number of halogens is 1. The highest BCUT2D eigenvalue weighted by atomic mass is 35.5. The van der Waals surface area contributed by atoms with Crippen LogP contribution >= 0.6 is 11.6 Å². The van der Waals surface area contributed by atoms with Crippen LogP contribution in [0.25, 0.3) is 11.1 Å². The number of aromatic amines is 1. The van der Waals surface area contributed by atoms with Gasteiger partial charge >= 0.3 is 0 Å². The van der Waals surface area contributed by atoms with Crippen LogP contribution in [0.3, 0.4) is 0 Å². The Morgan fingerprint density at radius 1 is 0.913 bits per heavy atom. The fourth-order valence-corrected chi connectivity index (χ4v) is 3.64. The van der Waals surface area contributed by atoms with Crippen molar-refractivity contribution in [3.05, 3.63) is 77.1 Å². The number of rotatable bonds is 3. The number of hydrogen-bond acceptors (Lipinski definition) is 2.